The summed E-state index contributed by atoms with van der Waals surface area (Å²) in [5.41, 5.74) is 1.51. The van der Waals surface area contributed by atoms with Crippen LogP contribution in [-0.4, -0.2) is 37.8 Å². The summed E-state index contributed by atoms with van der Waals surface area (Å²) in [5, 5.41) is 5.12. The van der Waals surface area contributed by atoms with Crippen LogP contribution < -0.4 is 24.3 Å². The molecule has 3 aromatic rings. The van der Waals surface area contributed by atoms with Gasteiger partial charge < -0.3 is 18.9 Å². The van der Waals surface area contributed by atoms with Gasteiger partial charge in [-0.25, -0.2) is 4.98 Å². The van der Waals surface area contributed by atoms with Crippen molar-refractivity contribution < 1.29 is 23.7 Å². The molecule has 0 aliphatic carbocycles. The van der Waals surface area contributed by atoms with Gasteiger partial charge in [-0.3, -0.25) is 10.1 Å². The Morgan fingerprint density at radius 3 is 2.79 bits per heavy atom. The second kappa shape index (κ2) is 7.77. The number of amides is 1. The number of methoxy groups -OCH3 is 2. The van der Waals surface area contributed by atoms with Gasteiger partial charge in [0.2, 0.25) is 6.10 Å². The molecule has 1 aliphatic rings. The molecular weight excluding hydrogens is 380 g/mol. The first kappa shape index (κ1) is 18.1. The van der Waals surface area contributed by atoms with Crippen molar-refractivity contribution in [2.45, 2.75) is 6.10 Å². The standard InChI is InChI=1S/C20H18N2O5S/c1-24-12-7-8-13(17(9-12)25-2)14-11-28-20(21-14)22-19(23)18-10-26-15-5-3-4-6-16(15)27-18/h3-9,11,18H,10H2,1-2H3,(H,21,22,23)/t18-/m1/s1. The quantitative estimate of drug-likeness (QED) is 0.707. The van der Waals surface area contributed by atoms with Crippen molar-refractivity contribution in [3.63, 3.8) is 0 Å². The average molecular weight is 398 g/mol. The number of benzene rings is 2. The summed E-state index contributed by atoms with van der Waals surface area (Å²) in [6, 6.07) is 12.8. The van der Waals surface area contributed by atoms with Crippen molar-refractivity contribution in [2.75, 3.05) is 26.1 Å². The fourth-order valence-electron chi connectivity index (χ4n) is 2.80. The van der Waals surface area contributed by atoms with Gasteiger partial charge in [-0.2, -0.15) is 0 Å². The van der Waals surface area contributed by atoms with E-state index in [1.165, 1.54) is 11.3 Å². The normalized spacial score (nSPS) is 15.0. The zero-order valence-electron chi connectivity index (χ0n) is 15.3. The molecule has 1 amide bonds. The molecule has 4 rings (SSSR count). The lowest BCUT2D eigenvalue weighted by molar-refractivity contribution is -0.125. The van der Waals surface area contributed by atoms with E-state index >= 15 is 0 Å². The van der Waals surface area contributed by atoms with Gasteiger partial charge in [0.1, 0.15) is 18.1 Å². The fourth-order valence-corrected chi connectivity index (χ4v) is 3.51. The predicted molar refractivity (Wildman–Crippen MR) is 106 cm³/mol. The van der Waals surface area contributed by atoms with Crippen molar-refractivity contribution in [1.29, 1.82) is 0 Å². The van der Waals surface area contributed by atoms with Crippen molar-refractivity contribution in [3.8, 4) is 34.3 Å². The van der Waals surface area contributed by atoms with Gasteiger partial charge >= 0.3 is 0 Å². The Balaban J connectivity index is 1.48. The highest BCUT2D eigenvalue weighted by Gasteiger charge is 2.28. The summed E-state index contributed by atoms with van der Waals surface area (Å²) >= 11 is 1.33. The van der Waals surface area contributed by atoms with Gasteiger partial charge in [0.25, 0.3) is 5.91 Å². The Labute approximate surface area is 165 Å². The molecule has 0 bridgehead atoms. The average Bonchev–Trinajstić information content (AvgIpc) is 3.21. The molecule has 0 fully saturated rings. The number of para-hydroxylation sites is 2. The highest BCUT2D eigenvalue weighted by Crippen LogP contribution is 2.35. The Kier molecular flexibility index (Phi) is 5.03. The minimum absolute atomic E-state index is 0.146. The molecule has 0 saturated heterocycles. The third-order valence-corrected chi connectivity index (χ3v) is 4.98. The minimum Gasteiger partial charge on any atom is -0.497 e. The molecule has 1 aliphatic heterocycles. The zero-order chi connectivity index (χ0) is 19.5. The molecule has 0 unspecified atom stereocenters. The lowest BCUT2D eigenvalue weighted by Gasteiger charge is -2.25. The summed E-state index contributed by atoms with van der Waals surface area (Å²) in [6.45, 7) is 0.146. The van der Waals surface area contributed by atoms with Crippen LogP contribution in [0.2, 0.25) is 0 Å². The van der Waals surface area contributed by atoms with Gasteiger partial charge in [0.15, 0.2) is 16.6 Å². The van der Waals surface area contributed by atoms with Crippen LogP contribution in [0.15, 0.2) is 47.8 Å². The van der Waals surface area contributed by atoms with Crippen molar-refractivity contribution in [2.24, 2.45) is 0 Å². The summed E-state index contributed by atoms with van der Waals surface area (Å²) in [4.78, 5) is 17.0. The van der Waals surface area contributed by atoms with E-state index in [-0.39, 0.29) is 12.5 Å². The number of anilines is 1. The molecular formula is C20H18N2O5S. The molecule has 144 valence electrons. The molecule has 28 heavy (non-hydrogen) atoms. The third-order valence-electron chi connectivity index (χ3n) is 4.22. The second-order valence-electron chi connectivity index (χ2n) is 5.96. The number of hydrogen-bond donors (Lipinski definition) is 1. The van der Waals surface area contributed by atoms with E-state index in [0.29, 0.717) is 33.8 Å². The smallest absolute Gasteiger partial charge is 0.270 e. The summed E-state index contributed by atoms with van der Waals surface area (Å²) < 4.78 is 22.0. The lowest BCUT2D eigenvalue weighted by Crippen LogP contribution is -2.40. The Bertz CT molecular complexity index is 1000. The molecule has 2 heterocycles. The van der Waals surface area contributed by atoms with Crippen LogP contribution >= 0.6 is 11.3 Å². The van der Waals surface area contributed by atoms with Crippen LogP contribution in [0.3, 0.4) is 0 Å². The lowest BCUT2D eigenvalue weighted by atomic mass is 10.1. The number of aromatic nitrogens is 1. The number of fused-ring (bicyclic) bond motifs is 1. The Morgan fingerprint density at radius 2 is 2.00 bits per heavy atom. The van der Waals surface area contributed by atoms with Crippen molar-refractivity contribution >= 4 is 22.4 Å². The highest BCUT2D eigenvalue weighted by atomic mass is 32.1. The molecule has 0 saturated carbocycles. The summed E-state index contributed by atoms with van der Waals surface area (Å²) in [7, 11) is 3.19. The number of hydrogen-bond acceptors (Lipinski definition) is 7. The molecule has 0 spiro atoms. The van der Waals surface area contributed by atoms with E-state index in [9.17, 15) is 4.79 Å². The maximum atomic E-state index is 12.5. The molecule has 1 atom stereocenters. The minimum atomic E-state index is -0.738. The molecule has 1 aromatic heterocycles. The number of nitrogens with one attached hydrogen (secondary N) is 1. The van der Waals surface area contributed by atoms with Gasteiger partial charge in [-0.05, 0) is 24.3 Å². The highest BCUT2D eigenvalue weighted by molar-refractivity contribution is 7.14. The SMILES string of the molecule is COc1ccc(-c2csc(NC(=O)[C@H]3COc4ccccc4O3)n2)c(OC)c1. The fraction of sp³-hybridized carbons (Fsp3) is 0.200. The second-order valence-corrected chi connectivity index (χ2v) is 6.82. The number of thiazole rings is 1. The van der Waals surface area contributed by atoms with Gasteiger partial charge in [0.05, 0.1) is 19.9 Å². The zero-order valence-corrected chi connectivity index (χ0v) is 16.1. The summed E-state index contributed by atoms with van der Waals surface area (Å²) in [6.07, 6.45) is -0.738. The number of ether oxygens (including phenoxy) is 4. The van der Waals surface area contributed by atoms with E-state index in [2.05, 4.69) is 10.3 Å². The molecule has 7 nitrogen and oxygen atoms in total. The van der Waals surface area contributed by atoms with E-state index in [0.717, 1.165) is 5.56 Å². The first-order valence-electron chi connectivity index (χ1n) is 8.55. The van der Waals surface area contributed by atoms with Crippen LogP contribution in [0.25, 0.3) is 11.3 Å². The largest absolute Gasteiger partial charge is 0.497 e. The number of rotatable bonds is 5. The van der Waals surface area contributed by atoms with Crippen LogP contribution in [0.5, 0.6) is 23.0 Å². The first-order valence-corrected chi connectivity index (χ1v) is 9.43. The molecule has 2 aromatic carbocycles. The molecule has 0 radical (unpaired) electrons. The van der Waals surface area contributed by atoms with Crippen LogP contribution in [0, 0.1) is 0 Å². The first-order chi connectivity index (χ1) is 13.7. The maximum absolute atomic E-state index is 12.5. The van der Waals surface area contributed by atoms with Crippen LogP contribution in [0.1, 0.15) is 0 Å². The van der Waals surface area contributed by atoms with Crippen molar-refractivity contribution in [3.05, 3.63) is 47.8 Å². The number of nitrogens with zero attached hydrogens (tertiary/aromatic N) is 1. The topological polar surface area (TPSA) is 78.9 Å². The maximum Gasteiger partial charge on any atom is 0.270 e. The van der Waals surface area contributed by atoms with E-state index in [1.807, 2.05) is 29.6 Å². The van der Waals surface area contributed by atoms with Gasteiger partial charge in [-0.1, -0.05) is 12.1 Å². The van der Waals surface area contributed by atoms with Crippen LogP contribution in [-0.2, 0) is 4.79 Å². The monoisotopic (exact) mass is 398 g/mol. The van der Waals surface area contributed by atoms with E-state index in [1.54, 1.807) is 32.4 Å². The Morgan fingerprint density at radius 1 is 1.18 bits per heavy atom. The van der Waals surface area contributed by atoms with E-state index < -0.39 is 6.10 Å². The molecule has 8 heteroatoms. The van der Waals surface area contributed by atoms with Gasteiger partial charge in [-0.15, -0.1) is 11.3 Å². The predicted octanol–water partition coefficient (Wildman–Crippen LogP) is 3.61. The van der Waals surface area contributed by atoms with Crippen molar-refractivity contribution in [1.82, 2.24) is 4.98 Å². The number of carbonyl (C=O) groups excluding carboxylic acids is 1. The Hall–Kier alpha value is -3.26. The van der Waals surface area contributed by atoms with Gasteiger partial charge in [0, 0.05) is 17.0 Å². The van der Waals surface area contributed by atoms with E-state index in [4.69, 9.17) is 18.9 Å². The number of carbonyl (C=O) groups is 1. The summed E-state index contributed by atoms with van der Waals surface area (Å²) in [5.74, 6) is 2.21. The van der Waals surface area contributed by atoms with Crippen LogP contribution in [0.4, 0.5) is 5.13 Å². The third kappa shape index (κ3) is 3.59. The molecule has 1 N–H and O–H groups in total.